The van der Waals surface area contributed by atoms with Crippen molar-refractivity contribution in [1.29, 1.82) is 0 Å². The number of thiazole rings is 1. The average Bonchev–Trinajstić information content (AvgIpc) is 3.04. The van der Waals surface area contributed by atoms with Gasteiger partial charge in [-0.05, 0) is 30.7 Å². The van der Waals surface area contributed by atoms with Gasteiger partial charge in [-0.15, -0.1) is 0 Å². The Labute approximate surface area is 127 Å². The Morgan fingerprint density at radius 3 is 3.10 bits per heavy atom. The van der Waals surface area contributed by atoms with Crippen LogP contribution in [0.1, 0.15) is 16.1 Å². The van der Waals surface area contributed by atoms with Crippen molar-refractivity contribution in [1.82, 2.24) is 14.7 Å². The van der Waals surface area contributed by atoms with Crippen molar-refractivity contribution in [3.63, 3.8) is 0 Å². The largest absolute Gasteiger partial charge is 0.496 e. The summed E-state index contributed by atoms with van der Waals surface area (Å²) in [4.78, 5) is 7.31. The minimum absolute atomic E-state index is 0.920. The number of fused-ring (bicyclic) bond motifs is 3. The summed E-state index contributed by atoms with van der Waals surface area (Å²) in [5, 5.41) is 3.41. The van der Waals surface area contributed by atoms with Gasteiger partial charge in [0, 0.05) is 41.8 Å². The van der Waals surface area contributed by atoms with Crippen molar-refractivity contribution >= 4 is 16.3 Å². The van der Waals surface area contributed by atoms with Gasteiger partial charge in [0.05, 0.1) is 12.8 Å². The second-order valence-corrected chi connectivity index (χ2v) is 6.42. The second-order valence-electron chi connectivity index (χ2n) is 5.36. The van der Waals surface area contributed by atoms with Gasteiger partial charge in [0.2, 0.25) is 0 Å². The van der Waals surface area contributed by atoms with E-state index in [-0.39, 0.29) is 0 Å². The Hall–Kier alpha value is -1.85. The molecule has 1 aliphatic rings. The highest BCUT2D eigenvalue weighted by atomic mass is 32.1. The fraction of sp³-hybridized carbons (Fsp3) is 0.312. The smallest absolute Gasteiger partial charge is 0.194 e. The Bertz CT molecular complexity index is 818. The van der Waals surface area contributed by atoms with Crippen molar-refractivity contribution in [3.8, 4) is 17.0 Å². The van der Waals surface area contributed by atoms with Crippen molar-refractivity contribution < 1.29 is 4.74 Å². The molecular formula is C16H17N3OS. The molecule has 2 aromatic heterocycles. The van der Waals surface area contributed by atoms with E-state index in [1.807, 2.05) is 6.07 Å². The van der Waals surface area contributed by atoms with E-state index in [0.29, 0.717) is 0 Å². The van der Waals surface area contributed by atoms with Gasteiger partial charge in [-0.25, -0.2) is 4.98 Å². The monoisotopic (exact) mass is 299 g/mol. The molecule has 0 atom stereocenters. The summed E-state index contributed by atoms with van der Waals surface area (Å²) in [5.41, 5.74) is 4.73. The quantitative estimate of drug-likeness (QED) is 0.790. The van der Waals surface area contributed by atoms with Crippen LogP contribution < -0.4 is 10.1 Å². The molecule has 4 rings (SSSR count). The lowest BCUT2D eigenvalue weighted by Gasteiger charge is -2.11. The molecule has 4 nitrogen and oxygen atoms in total. The first kappa shape index (κ1) is 12.9. The molecule has 108 valence electrons. The van der Waals surface area contributed by atoms with Crippen LogP contribution >= 0.6 is 11.3 Å². The molecule has 0 fully saturated rings. The zero-order chi connectivity index (χ0) is 14.4. The highest BCUT2D eigenvalue weighted by Crippen LogP contribution is 2.30. The molecule has 1 aliphatic heterocycles. The van der Waals surface area contributed by atoms with E-state index >= 15 is 0 Å². The fourth-order valence-corrected chi connectivity index (χ4v) is 4.03. The van der Waals surface area contributed by atoms with Crippen molar-refractivity contribution in [2.45, 2.75) is 19.9 Å². The van der Waals surface area contributed by atoms with Gasteiger partial charge >= 0.3 is 0 Å². The first-order chi connectivity index (χ1) is 10.3. The van der Waals surface area contributed by atoms with Gasteiger partial charge in [0.15, 0.2) is 4.96 Å². The van der Waals surface area contributed by atoms with Crippen LogP contribution in [0.3, 0.4) is 0 Å². The van der Waals surface area contributed by atoms with Gasteiger partial charge in [-0.2, -0.15) is 0 Å². The predicted molar refractivity (Wildman–Crippen MR) is 85.2 cm³/mol. The number of aromatic nitrogens is 2. The van der Waals surface area contributed by atoms with E-state index in [1.165, 1.54) is 10.6 Å². The van der Waals surface area contributed by atoms with Gasteiger partial charge < -0.3 is 10.1 Å². The van der Waals surface area contributed by atoms with E-state index in [2.05, 4.69) is 35.0 Å². The van der Waals surface area contributed by atoms with Gasteiger partial charge in [-0.3, -0.25) is 4.40 Å². The highest BCUT2D eigenvalue weighted by Gasteiger charge is 2.18. The molecule has 3 heterocycles. The van der Waals surface area contributed by atoms with Crippen molar-refractivity contribution in [2.24, 2.45) is 0 Å². The van der Waals surface area contributed by atoms with Crippen molar-refractivity contribution in [2.75, 3.05) is 13.7 Å². The molecule has 0 spiro atoms. The number of rotatable bonds is 2. The normalized spacial score (nSPS) is 14.4. The van der Waals surface area contributed by atoms with Gasteiger partial charge in [0.25, 0.3) is 0 Å². The van der Waals surface area contributed by atoms with Crippen LogP contribution in [0.4, 0.5) is 0 Å². The lowest BCUT2D eigenvalue weighted by Crippen LogP contribution is -2.23. The third-order valence-corrected chi connectivity index (χ3v) is 5.11. The van der Waals surface area contributed by atoms with E-state index in [1.54, 1.807) is 18.4 Å². The number of methoxy groups -OCH3 is 1. The van der Waals surface area contributed by atoms with Crippen LogP contribution in [0.2, 0.25) is 0 Å². The van der Waals surface area contributed by atoms with E-state index in [9.17, 15) is 0 Å². The molecule has 1 N–H and O–H groups in total. The molecule has 0 amide bonds. The highest BCUT2D eigenvalue weighted by molar-refractivity contribution is 7.17. The number of aryl methyl sites for hydroxylation is 1. The first-order valence-electron chi connectivity index (χ1n) is 7.11. The van der Waals surface area contributed by atoms with E-state index in [4.69, 9.17) is 9.72 Å². The fourth-order valence-electron chi connectivity index (χ4n) is 2.92. The maximum atomic E-state index is 5.32. The lowest BCUT2D eigenvalue weighted by molar-refractivity contribution is 0.412. The molecule has 0 unspecified atom stereocenters. The summed E-state index contributed by atoms with van der Waals surface area (Å²) >= 11 is 1.79. The third kappa shape index (κ3) is 2.04. The Kier molecular flexibility index (Phi) is 2.97. The Balaban J connectivity index is 1.80. The summed E-state index contributed by atoms with van der Waals surface area (Å²) in [5.74, 6) is 0.920. The molecular weight excluding hydrogens is 282 g/mol. The number of hydrogen-bond acceptors (Lipinski definition) is 4. The van der Waals surface area contributed by atoms with E-state index < -0.39 is 0 Å². The molecule has 21 heavy (non-hydrogen) atoms. The Morgan fingerprint density at radius 2 is 2.29 bits per heavy atom. The first-order valence-corrected chi connectivity index (χ1v) is 7.93. The molecule has 0 saturated carbocycles. The maximum Gasteiger partial charge on any atom is 0.194 e. The van der Waals surface area contributed by atoms with Gasteiger partial charge in [-0.1, -0.05) is 11.3 Å². The van der Waals surface area contributed by atoms with Gasteiger partial charge in [0.1, 0.15) is 5.75 Å². The zero-order valence-electron chi connectivity index (χ0n) is 12.1. The van der Waals surface area contributed by atoms with Crippen LogP contribution in [-0.4, -0.2) is 23.0 Å². The predicted octanol–water partition coefficient (Wildman–Crippen LogP) is 3.03. The summed E-state index contributed by atoms with van der Waals surface area (Å²) in [6.45, 7) is 4.09. The Morgan fingerprint density at radius 1 is 1.38 bits per heavy atom. The molecule has 0 bridgehead atoms. The minimum atomic E-state index is 0.920. The minimum Gasteiger partial charge on any atom is -0.496 e. The summed E-state index contributed by atoms with van der Waals surface area (Å²) < 4.78 is 7.58. The molecule has 5 heteroatoms. The molecule has 0 saturated heterocycles. The van der Waals surface area contributed by atoms with Crippen LogP contribution in [0.25, 0.3) is 16.2 Å². The molecule has 1 aromatic carbocycles. The topological polar surface area (TPSA) is 38.6 Å². The number of ether oxygens (including phenoxy) is 1. The van der Waals surface area contributed by atoms with E-state index in [0.717, 1.165) is 47.0 Å². The van der Waals surface area contributed by atoms with Crippen LogP contribution in [-0.2, 0) is 13.0 Å². The molecule has 0 radical (unpaired) electrons. The summed E-state index contributed by atoms with van der Waals surface area (Å²) in [6.07, 6.45) is 3.24. The SMILES string of the molecule is COc1ccc(-c2cn3c4c(sc3n2)CNCC4)cc1C. The third-order valence-electron chi connectivity index (χ3n) is 4.02. The number of nitrogens with one attached hydrogen (secondary N) is 1. The number of hydrogen-bond donors (Lipinski definition) is 1. The summed E-state index contributed by atoms with van der Waals surface area (Å²) in [6, 6.07) is 6.23. The van der Waals surface area contributed by atoms with Crippen LogP contribution in [0.15, 0.2) is 24.4 Å². The number of nitrogens with zero attached hydrogens (tertiary/aromatic N) is 2. The standard InChI is InChI=1S/C16H17N3OS/c1-10-7-11(3-4-14(10)20-2)12-9-19-13-5-6-17-8-15(13)21-16(19)18-12/h3-4,7,9,17H,5-6,8H2,1-2H3. The average molecular weight is 299 g/mol. The zero-order valence-corrected chi connectivity index (χ0v) is 13.0. The van der Waals surface area contributed by atoms with Crippen molar-refractivity contribution in [3.05, 3.63) is 40.5 Å². The number of imidazole rings is 1. The lowest BCUT2D eigenvalue weighted by atomic mass is 10.1. The van der Waals surface area contributed by atoms with Crippen LogP contribution in [0.5, 0.6) is 5.75 Å². The molecule has 3 aromatic rings. The maximum absolute atomic E-state index is 5.32. The number of benzene rings is 1. The molecule has 0 aliphatic carbocycles. The summed E-state index contributed by atoms with van der Waals surface area (Å²) in [7, 11) is 1.70. The van der Waals surface area contributed by atoms with Crippen LogP contribution in [0, 0.1) is 6.92 Å². The second kappa shape index (κ2) is 4.86.